The predicted octanol–water partition coefficient (Wildman–Crippen LogP) is 3.79. The summed E-state index contributed by atoms with van der Waals surface area (Å²) in [4.78, 5) is 6.72. The Balaban J connectivity index is 1.37. The molecule has 1 aliphatic rings. The Kier molecular flexibility index (Phi) is 4.91. The molecule has 2 aromatic carbocycles. The second-order valence-corrected chi connectivity index (χ2v) is 6.26. The van der Waals surface area contributed by atoms with E-state index in [0.29, 0.717) is 18.4 Å². The highest BCUT2D eigenvalue weighted by molar-refractivity contribution is 5.57. The average molecular weight is 347 g/mol. The molecule has 0 spiro atoms. The van der Waals surface area contributed by atoms with E-state index in [2.05, 4.69) is 37.5 Å². The molecule has 132 valence electrons. The zero-order chi connectivity index (χ0) is 17.6. The largest absolute Gasteiger partial charge is 0.489 e. The minimum Gasteiger partial charge on any atom is -0.489 e. The highest BCUT2D eigenvalue weighted by Crippen LogP contribution is 2.21. The van der Waals surface area contributed by atoms with Gasteiger partial charge in [-0.2, -0.15) is 10.1 Å². The van der Waals surface area contributed by atoms with Crippen molar-refractivity contribution >= 4 is 17.5 Å². The van der Waals surface area contributed by atoms with E-state index in [-0.39, 0.29) is 0 Å². The molecule has 1 fully saturated rings. The maximum absolute atomic E-state index is 5.81. The first-order chi connectivity index (χ1) is 12.9. The van der Waals surface area contributed by atoms with Gasteiger partial charge >= 0.3 is 0 Å². The van der Waals surface area contributed by atoms with Crippen LogP contribution >= 0.6 is 0 Å². The normalized spacial score (nSPS) is 13.6. The van der Waals surface area contributed by atoms with Gasteiger partial charge in [0.05, 0.1) is 6.20 Å². The number of aromatic nitrogens is 3. The minimum atomic E-state index is 0.558. The van der Waals surface area contributed by atoms with E-state index in [9.17, 15) is 0 Å². The maximum atomic E-state index is 5.81. The van der Waals surface area contributed by atoms with Crippen LogP contribution in [0.1, 0.15) is 18.4 Å². The van der Waals surface area contributed by atoms with Gasteiger partial charge in [-0.25, -0.2) is 0 Å². The fourth-order valence-corrected chi connectivity index (χ4v) is 2.93. The van der Waals surface area contributed by atoms with E-state index in [1.54, 1.807) is 6.20 Å². The van der Waals surface area contributed by atoms with Crippen molar-refractivity contribution in [2.75, 3.05) is 23.3 Å². The van der Waals surface area contributed by atoms with Crippen LogP contribution in [0.5, 0.6) is 5.75 Å². The van der Waals surface area contributed by atoms with E-state index >= 15 is 0 Å². The van der Waals surface area contributed by atoms with Gasteiger partial charge in [-0.1, -0.05) is 30.3 Å². The number of hydrogen-bond donors (Lipinski definition) is 1. The first-order valence-corrected chi connectivity index (χ1v) is 8.85. The summed E-state index contributed by atoms with van der Waals surface area (Å²) >= 11 is 0. The Bertz CT molecular complexity index is 832. The second-order valence-electron chi connectivity index (χ2n) is 6.26. The van der Waals surface area contributed by atoms with Crippen molar-refractivity contribution in [2.24, 2.45) is 0 Å². The van der Waals surface area contributed by atoms with Crippen molar-refractivity contribution in [3.05, 3.63) is 66.4 Å². The zero-order valence-corrected chi connectivity index (χ0v) is 14.5. The van der Waals surface area contributed by atoms with Crippen LogP contribution in [-0.4, -0.2) is 28.3 Å². The third-order valence-corrected chi connectivity index (χ3v) is 4.31. The van der Waals surface area contributed by atoms with Gasteiger partial charge in [0.15, 0.2) is 5.82 Å². The predicted molar refractivity (Wildman–Crippen MR) is 102 cm³/mol. The first kappa shape index (κ1) is 16.3. The quantitative estimate of drug-likeness (QED) is 0.732. The molecule has 1 aromatic heterocycles. The number of rotatable bonds is 6. The lowest BCUT2D eigenvalue weighted by atomic mass is 10.2. The minimum absolute atomic E-state index is 0.558. The van der Waals surface area contributed by atoms with Crippen molar-refractivity contribution in [1.82, 2.24) is 15.2 Å². The summed E-state index contributed by atoms with van der Waals surface area (Å²) in [6, 6.07) is 18.0. The lowest BCUT2D eigenvalue weighted by Crippen LogP contribution is -2.21. The number of benzene rings is 2. The van der Waals surface area contributed by atoms with E-state index in [1.807, 2.05) is 42.5 Å². The van der Waals surface area contributed by atoms with Gasteiger partial charge in [0, 0.05) is 18.8 Å². The van der Waals surface area contributed by atoms with Crippen molar-refractivity contribution in [2.45, 2.75) is 19.4 Å². The molecule has 0 amide bonds. The van der Waals surface area contributed by atoms with Crippen LogP contribution in [0.2, 0.25) is 0 Å². The molecule has 1 aliphatic heterocycles. The smallest absolute Gasteiger partial charge is 0.247 e. The van der Waals surface area contributed by atoms with Crippen LogP contribution in [0.3, 0.4) is 0 Å². The maximum Gasteiger partial charge on any atom is 0.247 e. The number of ether oxygens (including phenoxy) is 1. The van der Waals surface area contributed by atoms with E-state index in [1.165, 1.54) is 12.8 Å². The molecule has 0 unspecified atom stereocenters. The third-order valence-electron chi connectivity index (χ3n) is 4.31. The molecule has 1 N–H and O–H groups in total. The van der Waals surface area contributed by atoms with E-state index < -0.39 is 0 Å². The van der Waals surface area contributed by atoms with Crippen LogP contribution < -0.4 is 15.0 Å². The van der Waals surface area contributed by atoms with Gasteiger partial charge in [-0.15, -0.1) is 5.10 Å². The Hall–Kier alpha value is -3.15. The van der Waals surface area contributed by atoms with Gasteiger partial charge < -0.3 is 15.0 Å². The van der Waals surface area contributed by atoms with Crippen molar-refractivity contribution in [3.63, 3.8) is 0 Å². The highest BCUT2D eigenvalue weighted by Gasteiger charge is 2.15. The van der Waals surface area contributed by atoms with E-state index in [4.69, 9.17) is 4.74 Å². The van der Waals surface area contributed by atoms with Crippen molar-refractivity contribution < 1.29 is 4.74 Å². The van der Waals surface area contributed by atoms with Gasteiger partial charge in [-0.3, -0.25) is 0 Å². The van der Waals surface area contributed by atoms with Crippen LogP contribution in [-0.2, 0) is 6.61 Å². The molecule has 0 saturated carbocycles. The lowest BCUT2D eigenvalue weighted by Gasteiger charge is -2.15. The molecule has 26 heavy (non-hydrogen) atoms. The van der Waals surface area contributed by atoms with E-state index in [0.717, 1.165) is 30.1 Å². The summed E-state index contributed by atoms with van der Waals surface area (Å²) < 4.78 is 5.81. The molecule has 2 heterocycles. The fraction of sp³-hybridized carbons (Fsp3) is 0.250. The topological polar surface area (TPSA) is 63.2 Å². The monoisotopic (exact) mass is 347 g/mol. The SMILES string of the molecule is c1ccc(COc2ccc(Nc3cnnc(N4CCCC4)n3)cc2)cc1. The van der Waals surface area contributed by atoms with Gasteiger partial charge in [0.1, 0.15) is 12.4 Å². The summed E-state index contributed by atoms with van der Waals surface area (Å²) in [5.41, 5.74) is 2.08. The Morgan fingerprint density at radius 2 is 1.73 bits per heavy atom. The highest BCUT2D eigenvalue weighted by atomic mass is 16.5. The second kappa shape index (κ2) is 7.82. The van der Waals surface area contributed by atoms with Gasteiger partial charge in [-0.05, 0) is 42.7 Å². The Morgan fingerprint density at radius 3 is 2.50 bits per heavy atom. The first-order valence-electron chi connectivity index (χ1n) is 8.85. The molecule has 6 heteroatoms. The third kappa shape index (κ3) is 4.08. The van der Waals surface area contributed by atoms with Gasteiger partial charge in [0.25, 0.3) is 0 Å². The van der Waals surface area contributed by atoms with Gasteiger partial charge in [0.2, 0.25) is 5.95 Å². The van der Waals surface area contributed by atoms with Crippen molar-refractivity contribution in [3.8, 4) is 5.75 Å². The molecule has 0 radical (unpaired) electrons. The number of hydrogen-bond acceptors (Lipinski definition) is 6. The summed E-state index contributed by atoms with van der Waals surface area (Å²) in [5.74, 6) is 2.22. The molecular weight excluding hydrogens is 326 g/mol. The Morgan fingerprint density at radius 1 is 0.962 bits per heavy atom. The lowest BCUT2D eigenvalue weighted by molar-refractivity contribution is 0.306. The summed E-state index contributed by atoms with van der Waals surface area (Å²) in [6.45, 7) is 2.56. The zero-order valence-electron chi connectivity index (χ0n) is 14.5. The number of anilines is 3. The average Bonchev–Trinajstić information content (AvgIpc) is 3.23. The summed E-state index contributed by atoms with van der Waals surface area (Å²) in [6.07, 6.45) is 4.01. The molecule has 4 rings (SSSR count). The fourth-order valence-electron chi connectivity index (χ4n) is 2.93. The molecule has 0 atom stereocenters. The molecule has 0 aliphatic carbocycles. The van der Waals surface area contributed by atoms with Crippen molar-refractivity contribution in [1.29, 1.82) is 0 Å². The summed E-state index contributed by atoms with van der Waals surface area (Å²) in [7, 11) is 0. The van der Waals surface area contributed by atoms with Crippen LogP contribution in [0.15, 0.2) is 60.8 Å². The Labute approximate surface area is 152 Å². The molecule has 0 bridgehead atoms. The molecule has 1 saturated heterocycles. The van der Waals surface area contributed by atoms with Crippen LogP contribution in [0.4, 0.5) is 17.5 Å². The molecule has 3 aromatic rings. The van der Waals surface area contributed by atoms with Crippen LogP contribution in [0.25, 0.3) is 0 Å². The summed E-state index contributed by atoms with van der Waals surface area (Å²) in [5, 5.41) is 11.5. The number of nitrogens with zero attached hydrogens (tertiary/aromatic N) is 4. The standard InChI is InChI=1S/C20H21N5O/c1-2-6-16(7-3-1)15-26-18-10-8-17(9-11-18)22-19-14-21-24-20(23-19)25-12-4-5-13-25/h1-3,6-11,14H,4-5,12-13,15H2,(H,22,23,24). The van der Waals surface area contributed by atoms with Crippen LogP contribution in [0, 0.1) is 0 Å². The number of nitrogens with one attached hydrogen (secondary N) is 1. The molecular formula is C20H21N5O. The molecule has 6 nitrogen and oxygen atoms in total.